The van der Waals surface area contributed by atoms with Crippen LogP contribution in [0.15, 0.2) is 99.6 Å². The number of carbonyl (C=O) groups is 1. The number of pyridine rings is 1. The van der Waals surface area contributed by atoms with Crippen LogP contribution in [0.2, 0.25) is 10.0 Å². The number of rotatable bonds is 6. The zero-order chi connectivity index (χ0) is 65.2. The Morgan fingerprint density at radius 1 is 0.728 bits per heavy atom. The minimum atomic E-state index is -3.41. The van der Waals surface area contributed by atoms with E-state index >= 15 is 0 Å². The van der Waals surface area contributed by atoms with Crippen molar-refractivity contribution in [2.45, 2.75) is 230 Å². The van der Waals surface area contributed by atoms with Crippen LogP contribution in [-0.4, -0.2) is 93.5 Å². The van der Waals surface area contributed by atoms with E-state index < -0.39 is 25.8 Å². The van der Waals surface area contributed by atoms with Crippen LogP contribution in [0.3, 0.4) is 0 Å². The maximum Gasteiger partial charge on any atom is 0.257 e. The largest absolute Gasteiger partial charge is 0.393 e. The number of benzene rings is 2. The van der Waals surface area contributed by atoms with E-state index in [0.717, 1.165) is 91.7 Å². The normalized spacial score (nSPS) is 41.0. The molecule has 3 saturated heterocycles. The number of amides is 1. The summed E-state index contributed by atoms with van der Waals surface area (Å²) in [4.78, 5) is 16.8. The molecule has 21 atom stereocenters. The van der Waals surface area contributed by atoms with E-state index in [2.05, 4.69) is 81.8 Å². The number of nitrogens with zero attached hydrogens (tertiary/aromatic N) is 1. The highest BCUT2D eigenvalue weighted by molar-refractivity contribution is 7.90. The molecule has 9 aliphatic carbocycles. The van der Waals surface area contributed by atoms with Gasteiger partial charge in [-0.1, -0.05) is 106 Å². The van der Waals surface area contributed by atoms with Crippen molar-refractivity contribution in [1.82, 2.24) is 15.0 Å². The molecule has 2 spiro atoms. The quantitative estimate of drug-likeness (QED) is 0.174. The number of aliphatic hydroxyl groups is 1. The maximum absolute atomic E-state index is 12.5. The number of nitrogens with one attached hydrogen (secondary N) is 3. The van der Waals surface area contributed by atoms with Gasteiger partial charge in [-0.25, -0.2) is 21.6 Å². The summed E-state index contributed by atoms with van der Waals surface area (Å²) in [5.74, 6) is 8.51. The number of piperidine rings is 1. The first-order valence-electron chi connectivity index (χ1n) is 35.4. The molecule has 1 aromatic heterocycles. The summed E-state index contributed by atoms with van der Waals surface area (Å²) >= 11 is 12.3. The van der Waals surface area contributed by atoms with Crippen molar-refractivity contribution < 1.29 is 36.2 Å². The fourth-order valence-electron chi connectivity index (χ4n) is 22.2. The van der Waals surface area contributed by atoms with E-state index in [1.807, 2.05) is 17.7 Å². The molecule has 3 aromatic rings. The smallest absolute Gasteiger partial charge is 0.257 e. The van der Waals surface area contributed by atoms with Gasteiger partial charge >= 0.3 is 0 Å². The second-order valence-electron chi connectivity index (χ2n) is 32.3. The first-order valence-corrected chi connectivity index (χ1v) is 40.0. The highest BCUT2D eigenvalue weighted by Crippen LogP contribution is 2.68. The highest BCUT2D eigenvalue weighted by atomic mass is 35.5. The van der Waals surface area contributed by atoms with Crippen molar-refractivity contribution >= 4 is 54.7 Å². The first kappa shape index (κ1) is 67.1. The van der Waals surface area contributed by atoms with Crippen molar-refractivity contribution in [1.29, 1.82) is 0 Å². The van der Waals surface area contributed by atoms with E-state index in [1.54, 1.807) is 52.8 Å². The Hall–Kier alpha value is -3.44. The number of aromatic nitrogens is 1. The van der Waals surface area contributed by atoms with Gasteiger partial charge in [-0.2, -0.15) is 0 Å². The standard InChI is InChI=1S/C30H49NO3S.C27H41NO2.C19H14Cl2N2O3S/c1-18-6-8-23-20(3)30(34-28(23)14-18)13-11-24-25-9-7-21-15-22(31-35(5,32)33)10-12-29(21,4)27(25)16-26(24)19(2)17-30;1-15-11-24-25(28-14-15)17(3)27(30-24)10-8-20-21-6-5-18-12-19(29)7-9-26(18,4)23(21)13-22(20)16(27)2;1-27(25,26)13-6-7-14(17(21)11-13)19(24)23-12-5-8-16(20)15(10-12)18-4-2-3-9-22-18/h18,20-25,27-28,31H,6-17H2,1-5H3;5,15,17,19-21,23-25,28-29H,6-14H2,1-4H3;2-11H,1H3,(H,23,24)/t18-,20-,21-,22-,23+,24+,25+,27+,28-,29+,30+;15-,17+,19-,20-,21-,23-,24+,25-,26-,27-;/m10./s1. The van der Waals surface area contributed by atoms with Crippen LogP contribution in [-0.2, 0) is 29.3 Å². The Morgan fingerprint density at radius 2 is 1.48 bits per heavy atom. The molecule has 502 valence electrons. The molecule has 16 heteroatoms. The van der Waals surface area contributed by atoms with Gasteiger partial charge < -0.3 is 25.2 Å². The summed E-state index contributed by atoms with van der Waals surface area (Å²) in [5, 5.41) is 17.4. The lowest BCUT2D eigenvalue weighted by atomic mass is 9.52. The Bertz CT molecular complexity index is 3650. The average molecular weight is 1340 g/mol. The molecule has 0 unspecified atom stereocenters. The third-order valence-corrected chi connectivity index (χ3v) is 29.7. The summed E-state index contributed by atoms with van der Waals surface area (Å²) < 4.78 is 64.0. The second-order valence-corrected chi connectivity index (χ2v) is 36.9. The topological polar surface area (TPSA) is 173 Å². The highest BCUT2D eigenvalue weighted by Gasteiger charge is 2.62. The van der Waals surface area contributed by atoms with Crippen LogP contribution in [0.1, 0.15) is 194 Å². The first-order chi connectivity index (χ1) is 43.6. The predicted molar refractivity (Wildman–Crippen MR) is 369 cm³/mol. The monoisotopic (exact) mass is 1330 g/mol. The number of hydrogen-bond donors (Lipinski definition) is 4. The number of carbonyl (C=O) groups excluding carboxylic acids is 1. The van der Waals surface area contributed by atoms with Crippen molar-refractivity contribution in [3.05, 3.63) is 110 Å². The summed E-state index contributed by atoms with van der Waals surface area (Å²) in [6.45, 7) is 20.9. The van der Waals surface area contributed by atoms with Crippen molar-refractivity contribution in [2.24, 2.45) is 81.8 Å². The van der Waals surface area contributed by atoms with Gasteiger partial charge in [-0.3, -0.25) is 9.78 Å². The maximum atomic E-state index is 12.5. The van der Waals surface area contributed by atoms with Gasteiger partial charge in [-0.15, -0.1) is 0 Å². The Morgan fingerprint density at radius 3 is 2.23 bits per heavy atom. The van der Waals surface area contributed by atoms with E-state index in [9.17, 15) is 26.7 Å². The Labute approximate surface area is 560 Å². The van der Waals surface area contributed by atoms with Gasteiger partial charge in [0.1, 0.15) is 0 Å². The van der Waals surface area contributed by atoms with Crippen molar-refractivity contribution in [3.8, 4) is 11.3 Å². The molecule has 3 aliphatic heterocycles. The summed E-state index contributed by atoms with van der Waals surface area (Å²) in [5.41, 5.74) is 11.2. The molecule has 12 nitrogen and oxygen atoms in total. The van der Waals surface area contributed by atoms with Gasteiger partial charge in [0.15, 0.2) is 9.84 Å². The molecule has 9 fully saturated rings. The number of allylic oxidation sites excluding steroid dienone is 3. The number of halogens is 2. The van der Waals surface area contributed by atoms with Crippen molar-refractivity contribution in [2.75, 3.05) is 24.4 Å². The van der Waals surface area contributed by atoms with E-state index in [1.165, 1.54) is 127 Å². The fraction of sp³-hybridized carbons (Fsp3) is 0.684. The van der Waals surface area contributed by atoms with Crippen LogP contribution < -0.4 is 15.4 Å². The number of aliphatic hydroxyl groups excluding tert-OH is 1. The number of sulfone groups is 1. The lowest BCUT2D eigenvalue weighted by molar-refractivity contribution is -0.0762. The van der Waals surface area contributed by atoms with E-state index in [4.69, 9.17) is 32.7 Å². The van der Waals surface area contributed by atoms with Crippen LogP contribution in [0, 0.1) is 81.8 Å². The molecule has 2 aromatic carbocycles. The van der Waals surface area contributed by atoms with Crippen LogP contribution in [0.4, 0.5) is 5.69 Å². The second kappa shape index (κ2) is 25.4. The number of sulfonamides is 1. The summed E-state index contributed by atoms with van der Waals surface area (Å²) in [7, 11) is -6.53. The molecular formula is C76H104Cl2N4O8S2. The lowest BCUT2D eigenvalue weighted by Crippen LogP contribution is -2.50. The number of ether oxygens (including phenoxy) is 2. The van der Waals surface area contributed by atoms with Gasteiger partial charge in [0.25, 0.3) is 5.91 Å². The van der Waals surface area contributed by atoms with E-state index in [-0.39, 0.29) is 38.8 Å². The number of anilines is 1. The third-order valence-electron chi connectivity index (χ3n) is 27.1. The minimum Gasteiger partial charge on any atom is -0.393 e. The predicted octanol–water partition coefficient (Wildman–Crippen LogP) is 16.2. The molecule has 4 heterocycles. The van der Waals surface area contributed by atoms with Crippen LogP contribution >= 0.6 is 23.2 Å². The molecule has 4 N–H and O–H groups in total. The van der Waals surface area contributed by atoms with Crippen molar-refractivity contribution in [3.63, 3.8) is 0 Å². The molecule has 92 heavy (non-hydrogen) atoms. The average Bonchev–Trinajstić information content (AvgIpc) is 1.54. The molecule has 15 rings (SSSR count). The van der Waals surface area contributed by atoms with Gasteiger partial charge in [0, 0.05) is 41.7 Å². The van der Waals surface area contributed by atoms with Gasteiger partial charge in [0.05, 0.1) is 62.0 Å². The zero-order valence-corrected chi connectivity index (χ0v) is 59.5. The van der Waals surface area contributed by atoms with Gasteiger partial charge in [0.2, 0.25) is 10.0 Å². The van der Waals surface area contributed by atoms with E-state index in [0.29, 0.717) is 68.8 Å². The van der Waals surface area contributed by atoms with Crippen LogP contribution in [0.25, 0.3) is 11.3 Å². The lowest BCUT2D eigenvalue weighted by Gasteiger charge is -2.54. The SMILES string of the molecule is CC1=C2C[C@H]3[C@@H](CC=C4C[C@@H](O)CC[C@@]43C)[C@@H]2CC[C@]12O[C@@H]1C[C@H](C)CN[C@H]1[C@H]2C.CC1=C2C[C@H]3[C@@H](CC[C@@H]4C[C@H](NS(C)(=O)=O)CC[C@@]43C)[C@@H]2CC[C@@]2(C1)O[C@@H]1C[C@H](C)CC[C@H]1[C@H]2C.CS(=O)(=O)c1ccc(C(=O)Nc2ccc(Cl)c(-c3ccccn3)c2)c(Cl)c1. The summed E-state index contributed by atoms with van der Waals surface area (Å²) in [6.07, 6.45) is 31.6. The molecule has 0 bridgehead atoms. The minimum absolute atomic E-state index is 0.0222. The molecule has 6 saturated carbocycles. The molecule has 12 aliphatic rings. The number of hydrogen-bond acceptors (Lipinski definition) is 10. The molecule has 0 radical (unpaired) electrons. The Kier molecular flexibility index (Phi) is 18.6. The third kappa shape index (κ3) is 12.3. The number of fused-ring (bicyclic) bond motifs is 12. The Balaban J connectivity index is 0.000000127. The van der Waals surface area contributed by atoms with Crippen LogP contribution in [0.5, 0.6) is 0 Å². The zero-order valence-electron chi connectivity index (χ0n) is 56.3. The summed E-state index contributed by atoms with van der Waals surface area (Å²) in [6, 6.07) is 15.1. The molecular weight excluding hydrogens is 1230 g/mol. The van der Waals surface area contributed by atoms with Gasteiger partial charge in [-0.05, 0) is 272 Å². The molecule has 1 amide bonds. The fourth-order valence-corrected chi connectivity index (χ4v) is 24.2.